The van der Waals surface area contributed by atoms with E-state index in [1.165, 1.54) is 0 Å². The third kappa shape index (κ3) is 5.95. The normalized spacial score (nSPS) is 18.0. The number of alkyl halides is 3. The van der Waals surface area contributed by atoms with Gasteiger partial charge in [-0.05, 0) is 56.1 Å². The highest BCUT2D eigenvalue weighted by Gasteiger charge is 2.37. The smallest absolute Gasteiger partial charge is 0.398 e. The van der Waals surface area contributed by atoms with E-state index >= 15 is 0 Å². The summed E-state index contributed by atoms with van der Waals surface area (Å²) in [5, 5.41) is 11.7. The Kier molecular flexibility index (Phi) is 8.35. The number of likely N-dealkylation sites (N-methyl/N-ethyl adjacent to an activating group) is 1. The number of benzene rings is 2. The zero-order chi connectivity index (χ0) is 29.3. The Labute approximate surface area is 238 Å². The molecular formula is C31H37F3N6O. The van der Waals surface area contributed by atoms with Crippen LogP contribution in [0.25, 0.3) is 27.9 Å². The van der Waals surface area contributed by atoms with Gasteiger partial charge in [0, 0.05) is 66.3 Å². The van der Waals surface area contributed by atoms with E-state index in [1.807, 2.05) is 38.4 Å². The van der Waals surface area contributed by atoms with Crippen LogP contribution in [0, 0.1) is 5.41 Å². The van der Waals surface area contributed by atoms with E-state index in [1.54, 1.807) is 0 Å². The Morgan fingerprint density at radius 2 is 1.93 bits per heavy atom. The van der Waals surface area contributed by atoms with Gasteiger partial charge in [0.15, 0.2) is 0 Å². The molecule has 0 bridgehead atoms. The van der Waals surface area contributed by atoms with E-state index in [0.29, 0.717) is 42.7 Å². The first-order chi connectivity index (χ1) is 19.6. The molecule has 1 aliphatic heterocycles. The minimum Gasteiger partial charge on any atom is -0.398 e. The molecule has 0 spiro atoms. The second-order valence-electron chi connectivity index (χ2n) is 11.0. The summed E-state index contributed by atoms with van der Waals surface area (Å²) in [5.41, 5.74) is 10.0. The number of morpholine rings is 1. The highest BCUT2D eigenvalue weighted by atomic mass is 19.4. The predicted octanol–water partition coefficient (Wildman–Crippen LogP) is 4.81. The molecule has 1 atom stereocenters. The number of anilines is 1. The van der Waals surface area contributed by atoms with E-state index in [0.717, 1.165) is 72.8 Å². The van der Waals surface area contributed by atoms with Crippen LogP contribution in [0.1, 0.15) is 34.2 Å². The van der Waals surface area contributed by atoms with E-state index in [9.17, 15) is 13.2 Å². The topological polar surface area (TPSA) is 90.5 Å². The number of ether oxygens (including phenoxy) is 1. The maximum Gasteiger partial charge on any atom is 0.418 e. The molecule has 7 nitrogen and oxygen atoms in total. The van der Waals surface area contributed by atoms with Gasteiger partial charge in [0.1, 0.15) is 0 Å². The van der Waals surface area contributed by atoms with Gasteiger partial charge >= 0.3 is 6.18 Å². The van der Waals surface area contributed by atoms with Crippen molar-refractivity contribution in [3.63, 3.8) is 0 Å². The quantitative estimate of drug-likeness (QED) is 0.268. The van der Waals surface area contributed by atoms with Crippen molar-refractivity contribution in [1.29, 1.82) is 5.41 Å². The van der Waals surface area contributed by atoms with E-state index in [2.05, 4.69) is 21.7 Å². The number of rotatable bonds is 8. The minimum atomic E-state index is -4.64. The Morgan fingerprint density at radius 3 is 2.56 bits per heavy atom. The minimum absolute atomic E-state index is 0.0588. The number of fused-ring (bicyclic) bond motifs is 3. The Hall–Kier alpha value is -3.47. The van der Waals surface area contributed by atoms with Crippen LogP contribution in [0.5, 0.6) is 0 Å². The van der Waals surface area contributed by atoms with Gasteiger partial charge in [-0.15, -0.1) is 0 Å². The van der Waals surface area contributed by atoms with Crippen molar-refractivity contribution >= 4 is 28.5 Å². The highest BCUT2D eigenvalue weighted by molar-refractivity contribution is 6.07. The first-order valence-corrected chi connectivity index (χ1v) is 13.9. The molecule has 0 amide bonds. The number of aromatic nitrogens is 1. The summed E-state index contributed by atoms with van der Waals surface area (Å²) in [5.74, 6) is 0. The number of hydrogen-bond donors (Lipinski definition) is 3. The third-order valence-corrected chi connectivity index (χ3v) is 8.13. The first kappa shape index (κ1) is 29.0. The summed E-state index contributed by atoms with van der Waals surface area (Å²) in [6, 6.07) is 8.81. The summed E-state index contributed by atoms with van der Waals surface area (Å²) in [7, 11) is 4.01. The van der Waals surface area contributed by atoms with Gasteiger partial charge in [-0.2, -0.15) is 13.2 Å². The molecular weight excluding hydrogens is 529 g/mol. The second kappa shape index (κ2) is 11.8. The molecule has 0 saturated carbocycles. The molecule has 2 heterocycles. The van der Waals surface area contributed by atoms with Gasteiger partial charge in [0.2, 0.25) is 0 Å². The first-order valence-electron chi connectivity index (χ1n) is 13.9. The lowest BCUT2D eigenvalue weighted by Crippen LogP contribution is -2.46. The zero-order valence-corrected chi connectivity index (χ0v) is 23.6. The maximum atomic E-state index is 14.3. The Morgan fingerprint density at radius 1 is 1.22 bits per heavy atom. The van der Waals surface area contributed by atoms with Gasteiger partial charge in [-0.1, -0.05) is 30.8 Å². The predicted molar refractivity (Wildman–Crippen MR) is 158 cm³/mol. The fourth-order valence-electron chi connectivity index (χ4n) is 5.97. The van der Waals surface area contributed by atoms with Crippen molar-refractivity contribution in [3.05, 3.63) is 64.7 Å². The van der Waals surface area contributed by atoms with Crippen LogP contribution in [-0.2, 0) is 23.8 Å². The summed E-state index contributed by atoms with van der Waals surface area (Å²) in [4.78, 5) is 9.22. The van der Waals surface area contributed by atoms with Crippen LogP contribution in [0.4, 0.5) is 18.9 Å². The van der Waals surface area contributed by atoms with Crippen molar-refractivity contribution in [2.45, 2.75) is 31.5 Å². The summed E-state index contributed by atoms with van der Waals surface area (Å²) >= 11 is 0. The standard InChI is InChI=1S/C31H37F3N6O/c1-19(37-10-11-39(2)3)20-4-6-21(7-5-20)29-24-16-22(40-12-14-41-15-13-40)8-9-23(24)28-25(18-35)27(36)17-26(30(28)38-29)31(32,33)34/h4-7,17-18,22,35,37H,1,8-16,36H2,2-3H3. The number of halogens is 3. The summed E-state index contributed by atoms with van der Waals surface area (Å²) in [6.07, 6.45) is -1.55. The Bertz CT molecular complexity index is 1450. The number of nitrogens with zero attached hydrogens (tertiary/aromatic N) is 3. The molecule has 1 fully saturated rings. The second-order valence-corrected chi connectivity index (χ2v) is 11.0. The van der Waals surface area contributed by atoms with Crippen LogP contribution in [0.2, 0.25) is 0 Å². The molecule has 41 heavy (non-hydrogen) atoms. The largest absolute Gasteiger partial charge is 0.418 e. The molecule has 4 N–H and O–H groups in total. The van der Waals surface area contributed by atoms with Crippen LogP contribution in [0.3, 0.4) is 0 Å². The lowest BCUT2D eigenvalue weighted by Gasteiger charge is -2.38. The number of nitrogens with two attached hydrogens (primary N) is 1. The third-order valence-electron chi connectivity index (χ3n) is 8.13. The molecule has 1 unspecified atom stereocenters. The fourth-order valence-corrected chi connectivity index (χ4v) is 5.97. The number of nitrogens with one attached hydrogen (secondary N) is 2. The number of hydrogen-bond acceptors (Lipinski definition) is 7. The van der Waals surface area contributed by atoms with Crippen molar-refractivity contribution in [3.8, 4) is 11.3 Å². The monoisotopic (exact) mass is 566 g/mol. The van der Waals surface area contributed by atoms with Crippen LogP contribution >= 0.6 is 0 Å². The zero-order valence-electron chi connectivity index (χ0n) is 23.6. The molecule has 0 radical (unpaired) electrons. The number of pyridine rings is 1. The highest BCUT2D eigenvalue weighted by Crippen LogP contribution is 2.43. The van der Waals surface area contributed by atoms with Crippen LogP contribution < -0.4 is 11.1 Å². The lowest BCUT2D eigenvalue weighted by atomic mass is 9.81. The van der Waals surface area contributed by atoms with E-state index in [4.69, 9.17) is 20.9 Å². The molecule has 218 valence electrons. The van der Waals surface area contributed by atoms with Crippen molar-refractivity contribution in [2.75, 3.05) is 59.2 Å². The molecule has 2 aliphatic rings. The Balaban J connectivity index is 1.64. The van der Waals surface area contributed by atoms with Crippen LogP contribution in [0.15, 0.2) is 36.9 Å². The fraction of sp³-hybridized carbons (Fsp3) is 0.419. The van der Waals surface area contributed by atoms with Gasteiger partial charge in [-0.3, -0.25) is 4.90 Å². The van der Waals surface area contributed by atoms with E-state index in [-0.39, 0.29) is 17.2 Å². The van der Waals surface area contributed by atoms with Gasteiger partial charge < -0.3 is 26.1 Å². The summed E-state index contributed by atoms with van der Waals surface area (Å²) in [6.45, 7) is 8.74. The lowest BCUT2D eigenvalue weighted by molar-refractivity contribution is -0.136. The molecule has 10 heteroatoms. The van der Waals surface area contributed by atoms with Gasteiger partial charge in [-0.25, -0.2) is 4.98 Å². The van der Waals surface area contributed by atoms with Gasteiger partial charge in [0.25, 0.3) is 0 Å². The van der Waals surface area contributed by atoms with Crippen molar-refractivity contribution in [2.24, 2.45) is 0 Å². The molecule has 2 aromatic carbocycles. The van der Waals surface area contributed by atoms with Gasteiger partial charge in [0.05, 0.1) is 30.0 Å². The van der Waals surface area contributed by atoms with Crippen LogP contribution in [-0.4, -0.2) is 80.5 Å². The average Bonchev–Trinajstić information content (AvgIpc) is 2.96. The summed E-state index contributed by atoms with van der Waals surface area (Å²) < 4.78 is 48.5. The van der Waals surface area contributed by atoms with Crippen molar-refractivity contribution in [1.82, 2.24) is 20.1 Å². The SMILES string of the molecule is C=C(NCCN(C)C)c1ccc(-c2nc3c(C(F)(F)F)cc(N)c(C=N)c3c3c2CC(N2CCOCC2)CC3)cc1. The molecule has 5 rings (SSSR count). The van der Waals surface area contributed by atoms with Crippen molar-refractivity contribution < 1.29 is 17.9 Å². The maximum absolute atomic E-state index is 14.3. The molecule has 1 saturated heterocycles. The average molecular weight is 567 g/mol. The van der Waals surface area contributed by atoms with E-state index < -0.39 is 11.7 Å². The number of aryl methyl sites for hydroxylation is 1. The number of nitrogen functional groups attached to an aromatic ring is 1. The molecule has 1 aliphatic carbocycles. The molecule has 1 aromatic heterocycles. The molecule has 3 aromatic rings.